The summed E-state index contributed by atoms with van der Waals surface area (Å²) in [7, 11) is 0. The molecule has 1 aromatic rings. The van der Waals surface area contributed by atoms with Gasteiger partial charge in [0.25, 0.3) is 0 Å². The molecule has 1 saturated heterocycles. The number of piperidine rings is 1. The lowest BCUT2D eigenvalue weighted by atomic mass is 10.0. The summed E-state index contributed by atoms with van der Waals surface area (Å²) in [4.78, 5) is 15.7. The van der Waals surface area contributed by atoms with Crippen molar-refractivity contribution in [3.63, 3.8) is 0 Å². The van der Waals surface area contributed by atoms with Crippen molar-refractivity contribution in [2.24, 2.45) is 0 Å². The number of aryl methyl sites for hydroxylation is 1. The smallest absolute Gasteiger partial charge is 0.246 e. The summed E-state index contributed by atoms with van der Waals surface area (Å²) >= 11 is 0. The third-order valence-electron chi connectivity index (χ3n) is 2.61. The van der Waals surface area contributed by atoms with Gasteiger partial charge in [0.1, 0.15) is 0 Å². The number of hydrogen-bond acceptors (Lipinski definition) is 5. The zero-order valence-electron chi connectivity index (χ0n) is 9.32. The van der Waals surface area contributed by atoms with Gasteiger partial charge < -0.3 is 15.2 Å². The van der Waals surface area contributed by atoms with Gasteiger partial charge in [0.15, 0.2) is 5.82 Å². The van der Waals surface area contributed by atoms with Crippen LogP contribution in [0, 0.1) is 6.92 Å². The quantitative estimate of drug-likeness (QED) is 0.763. The van der Waals surface area contributed by atoms with Gasteiger partial charge in [-0.15, -0.1) is 0 Å². The molecule has 1 atom stereocenters. The van der Waals surface area contributed by atoms with Gasteiger partial charge in [0.2, 0.25) is 11.8 Å². The Bertz CT molecular complexity index is 357. The Labute approximate surface area is 93.8 Å². The van der Waals surface area contributed by atoms with Crippen molar-refractivity contribution >= 4 is 5.91 Å². The number of nitrogens with one attached hydrogen (secondary N) is 2. The van der Waals surface area contributed by atoms with Gasteiger partial charge in [0.05, 0.1) is 12.6 Å². The molecule has 88 valence electrons. The van der Waals surface area contributed by atoms with Crippen LogP contribution >= 0.6 is 0 Å². The zero-order valence-corrected chi connectivity index (χ0v) is 9.32. The van der Waals surface area contributed by atoms with Crippen LogP contribution in [0.25, 0.3) is 0 Å². The van der Waals surface area contributed by atoms with Crippen molar-refractivity contribution in [2.75, 3.05) is 6.54 Å². The molecule has 0 saturated carbocycles. The fourth-order valence-electron chi connectivity index (χ4n) is 1.77. The molecule has 0 spiro atoms. The van der Waals surface area contributed by atoms with Crippen molar-refractivity contribution in [2.45, 2.75) is 38.8 Å². The lowest BCUT2D eigenvalue weighted by molar-refractivity contribution is -0.123. The monoisotopic (exact) mass is 224 g/mol. The summed E-state index contributed by atoms with van der Waals surface area (Å²) in [5.74, 6) is 1.04. The molecule has 16 heavy (non-hydrogen) atoms. The first kappa shape index (κ1) is 11.1. The van der Waals surface area contributed by atoms with Crippen LogP contribution in [0.3, 0.4) is 0 Å². The molecule has 2 heterocycles. The van der Waals surface area contributed by atoms with Crippen molar-refractivity contribution in [3.05, 3.63) is 11.7 Å². The molecular formula is C10H16N4O2. The Morgan fingerprint density at radius 1 is 1.62 bits per heavy atom. The molecule has 0 aliphatic carbocycles. The predicted octanol–water partition coefficient (Wildman–Crippen LogP) is 0.136. The molecule has 1 aliphatic heterocycles. The van der Waals surface area contributed by atoms with Gasteiger partial charge in [0, 0.05) is 0 Å². The van der Waals surface area contributed by atoms with Crippen LogP contribution in [0.2, 0.25) is 0 Å². The Morgan fingerprint density at radius 2 is 2.50 bits per heavy atom. The number of nitrogens with zero attached hydrogens (tertiary/aromatic N) is 2. The molecule has 0 bridgehead atoms. The summed E-state index contributed by atoms with van der Waals surface area (Å²) in [5, 5.41) is 9.62. The highest BCUT2D eigenvalue weighted by molar-refractivity contribution is 5.81. The molecule has 1 fully saturated rings. The van der Waals surface area contributed by atoms with Gasteiger partial charge in [-0.3, -0.25) is 4.79 Å². The summed E-state index contributed by atoms with van der Waals surface area (Å²) in [5.41, 5.74) is 0. The topological polar surface area (TPSA) is 80.0 Å². The predicted molar refractivity (Wildman–Crippen MR) is 56.5 cm³/mol. The minimum Gasteiger partial charge on any atom is -0.346 e. The van der Waals surface area contributed by atoms with E-state index in [0.717, 1.165) is 25.8 Å². The fourth-order valence-corrected chi connectivity index (χ4v) is 1.77. The third kappa shape index (κ3) is 2.79. The molecule has 0 aromatic carbocycles. The normalized spacial score (nSPS) is 20.7. The molecule has 1 amide bonds. The van der Waals surface area contributed by atoms with E-state index in [1.165, 1.54) is 0 Å². The second-order valence-corrected chi connectivity index (χ2v) is 3.96. The molecule has 2 N–H and O–H groups in total. The maximum atomic E-state index is 11.7. The summed E-state index contributed by atoms with van der Waals surface area (Å²) in [6.45, 7) is 2.97. The Kier molecular flexibility index (Phi) is 3.51. The van der Waals surface area contributed by atoms with E-state index in [2.05, 4.69) is 20.8 Å². The standard InChI is InChI=1S/C10H16N4O2/c1-7-13-9(16-14-7)6-12-10(15)8-4-2-3-5-11-8/h8,11H,2-6H2,1H3,(H,12,15)/t8-/m1/s1. The molecule has 1 aromatic heterocycles. The SMILES string of the molecule is Cc1noc(CNC(=O)[C@H]2CCCCN2)n1. The number of rotatable bonds is 3. The molecule has 0 radical (unpaired) electrons. The van der Waals surface area contributed by atoms with E-state index >= 15 is 0 Å². The van der Waals surface area contributed by atoms with E-state index in [1.807, 2.05) is 0 Å². The van der Waals surface area contributed by atoms with Gasteiger partial charge in [-0.2, -0.15) is 4.98 Å². The van der Waals surface area contributed by atoms with Crippen LogP contribution in [0.4, 0.5) is 0 Å². The van der Waals surface area contributed by atoms with Crippen LogP contribution in [-0.4, -0.2) is 28.6 Å². The number of carbonyl (C=O) groups excluding carboxylic acids is 1. The van der Waals surface area contributed by atoms with E-state index in [0.29, 0.717) is 18.3 Å². The van der Waals surface area contributed by atoms with Crippen molar-refractivity contribution in [1.82, 2.24) is 20.8 Å². The highest BCUT2D eigenvalue weighted by Gasteiger charge is 2.20. The molecule has 6 heteroatoms. The van der Waals surface area contributed by atoms with Crippen LogP contribution in [0.1, 0.15) is 31.0 Å². The van der Waals surface area contributed by atoms with Crippen molar-refractivity contribution in [1.29, 1.82) is 0 Å². The molecule has 6 nitrogen and oxygen atoms in total. The maximum Gasteiger partial charge on any atom is 0.246 e. The van der Waals surface area contributed by atoms with E-state index < -0.39 is 0 Å². The number of amides is 1. The molecule has 2 rings (SSSR count). The fraction of sp³-hybridized carbons (Fsp3) is 0.700. The Balaban J connectivity index is 1.78. The third-order valence-corrected chi connectivity index (χ3v) is 2.61. The number of carbonyl (C=O) groups is 1. The summed E-state index contributed by atoms with van der Waals surface area (Å²) in [6.07, 6.45) is 3.14. The van der Waals surface area contributed by atoms with Gasteiger partial charge in [-0.1, -0.05) is 11.6 Å². The minimum atomic E-state index is -0.0715. The van der Waals surface area contributed by atoms with Crippen molar-refractivity contribution in [3.8, 4) is 0 Å². The summed E-state index contributed by atoms with van der Waals surface area (Å²) in [6, 6.07) is -0.0715. The summed E-state index contributed by atoms with van der Waals surface area (Å²) < 4.78 is 4.91. The Hall–Kier alpha value is -1.43. The average Bonchev–Trinajstić information content (AvgIpc) is 2.73. The van der Waals surface area contributed by atoms with E-state index in [-0.39, 0.29) is 11.9 Å². The Morgan fingerprint density at radius 3 is 3.12 bits per heavy atom. The molecular weight excluding hydrogens is 208 g/mol. The van der Waals surface area contributed by atoms with Crippen LogP contribution in [-0.2, 0) is 11.3 Å². The maximum absolute atomic E-state index is 11.7. The zero-order chi connectivity index (χ0) is 11.4. The van der Waals surface area contributed by atoms with Gasteiger partial charge >= 0.3 is 0 Å². The largest absolute Gasteiger partial charge is 0.346 e. The average molecular weight is 224 g/mol. The van der Waals surface area contributed by atoms with E-state index in [4.69, 9.17) is 4.52 Å². The van der Waals surface area contributed by atoms with Crippen LogP contribution < -0.4 is 10.6 Å². The van der Waals surface area contributed by atoms with Crippen LogP contribution in [0.5, 0.6) is 0 Å². The molecule has 0 unspecified atom stereocenters. The van der Waals surface area contributed by atoms with Gasteiger partial charge in [-0.25, -0.2) is 0 Å². The second-order valence-electron chi connectivity index (χ2n) is 3.96. The highest BCUT2D eigenvalue weighted by atomic mass is 16.5. The lowest BCUT2D eigenvalue weighted by Gasteiger charge is -2.22. The number of aromatic nitrogens is 2. The first-order valence-corrected chi connectivity index (χ1v) is 5.56. The van der Waals surface area contributed by atoms with Gasteiger partial charge in [-0.05, 0) is 26.3 Å². The van der Waals surface area contributed by atoms with E-state index in [9.17, 15) is 4.79 Å². The van der Waals surface area contributed by atoms with Crippen LogP contribution in [0.15, 0.2) is 4.52 Å². The second kappa shape index (κ2) is 5.07. The molecule has 1 aliphatic rings. The van der Waals surface area contributed by atoms with Crippen molar-refractivity contribution < 1.29 is 9.32 Å². The first-order valence-electron chi connectivity index (χ1n) is 5.56. The lowest BCUT2D eigenvalue weighted by Crippen LogP contribution is -2.46. The minimum absolute atomic E-state index is 0.00977. The van der Waals surface area contributed by atoms with E-state index in [1.54, 1.807) is 6.92 Å². The number of hydrogen-bond donors (Lipinski definition) is 2. The highest BCUT2D eigenvalue weighted by Crippen LogP contribution is 2.07. The first-order chi connectivity index (χ1) is 7.75.